The second-order valence-electron chi connectivity index (χ2n) is 5.36. The Balaban J connectivity index is 1.90. The van der Waals surface area contributed by atoms with E-state index in [-0.39, 0.29) is 11.5 Å². The van der Waals surface area contributed by atoms with Crippen LogP contribution in [0.4, 0.5) is 0 Å². The van der Waals surface area contributed by atoms with E-state index in [1.807, 2.05) is 19.1 Å². The van der Waals surface area contributed by atoms with Crippen LogP contribution in [0.15, 0.2) is 24.3 Å². The number of aliphatic hydroxyl groups is 1. The molecule has 1 heterocycles. The molecule has 1 aromatic carbocycles. The highest BCUT2D eigenvalue weighted by Crippen LogP contribution is 2.64. The van der Waals surface area contributed by atoms with Crippen molar-refractivity contribution in [2.75, 3.05) is 13.7 Å². The number of hydrogen-bond acceptors (Lipinski definition) is 3. The summed E-state index contributed by atoms with van der Waals surface area (Å²) in [5, 5.41) is 14.0. The van der Waals surface area contributed by atoms with E-state index in [0.29, 0.717) is 0 Å². The molecule has 0 aromatic heterocycles. The Morgan fingerprint density at radius 1 is 1.35 bits per heavy atom. The molecule has 0 radical (unpaired) electrons. The van der Waals surface area contributed by atoms with Crippen molar-refractivity contribution in [3.05, 3.63) is 29.8 Å². The maximum atomic E-state index is 10.5. The van der Waals surface area contributed by atoms with E-state index in [4.69, 9.17) is 4.74 Å². The Hall–Kier alpha value is -1.06. The monoisotopic (exact) mass is 233 g/mol. The van der Waals surface area contributed by atoms with Gasteiger partial charge in [0.2, 0.25) is 0 Å². The molecule has 2 fully saturated rings. The summed E-state index contributed by atoms with van der Waals surface area (Å²) >= 11 is 0. The van der Waals surface area contributed by atoms with Gasteiger partial charge in [0.25, 0.3) is 0 Å². The summed E-state index contributed by atoms with van der Waals surface area (Å²) in [5.74, 6) is 1.07. The normalized spacial score (nSPS) is 39.6. The van der Waals surface area contributed by atoms with Gasteiger partial charge in [0, 0.05) is 5.92 Å². The first kappa shape index (κ1) is 11.1. The molecule has 92 valence electrons. The molecule has 1 aliphatic carbocycles. The molecule has 1 saturated heterocycles. The number of nitrogens with one attached hydrogen (secondary N) is 1. The number of hydrogen-bond donors (Lipinski definition) is 2. The lowest BCUT2D eigenvalue weighted by Crippen LogP contribution is -2.33. The molecular weight excluding hydrogens is 214 g/mol. The Kier molecular flexibility index (Phi) is 2.25. The molecule has 2 N–H and O–H groups in total. The van der Waals surface area contributed by atoms with E-state index < -0.39 is 5.60 Å². The minimum absolute atomic E-state index is 0.0818. The van der Waals surface area contributed by atoms with E-state index in [1.165, 1.54) is 5.56 Å². The van der Waals surface area contributed by atoms with Gasteiger partial charge in [-0.2, -0.15) is 0 Å². The van der Waals surface area contributed by atoms with Crippen molar-refractivity contribution in [2.24, 2.45) is 0 Å². The summed E-state index contributed by atoms with van der Waals surface area (Å²) in [6, 6.07) is 8.05. The molecular formula is C14H19NO2. The maximum Gasteiger partial charge on any atom is 0.118 e. The molecule has 0 amide bonds. The van der Waals surface area contributed by atoms with Crippen LogP contribution in [0.25, 0.3) is 0 Å². The number of rotatable bonds is 2. The van der Waals surface area contributed by atoms with Gasteiger partial charge >= 0.3 is 0 Å². The van der Waals surface area contributed by atoms with Crippen molar-refractivity contribution in [3.8, 4) is 5.75 Å². The van der Waals surface area contributed by atoms with Gasteiger partial charge in [-0.05, 0) is 44.0 Å². The van der Waals surface area contributed by atoms with E-state index in [0.717, 1.165) is 25.1 Å². The van der Waals surface area contributed by atoms with Gasteiger partial charge in [0.15, 0.2) is 0 Å². The lowest BCUT2D eigenvalue weighted by atomic mass is 10.0. The van der Waals surface area contributed by atoms with Crippen LogP contribution >= 0.6 is 0 Å². The van der Waals surface area contributed by atoms with E-state index in [2.05, 4.69) is 17.4 Å². The third-order valence-electron chi connectivity index (χ3n) is 4.51. The highest BCUT2D eigenvalue weighted by Gasteiger charge is 2.74. The molecule has 2 aliphatic rings. The average Bonchev–Trinajstić information content (AvgIpc) is 2.71. The summed E-state index contributed by atoms with van der Waals surface area (Å²) < 4.78 is 5.16. The van der Waals surface area contributed by atoms with Crippen LogP contribution in [0, 0.1) is 0 Å². The van der Waals surface area contributed by atoms with Crippen LogP contribution in [0.1, 0.15) is 31.2 Å². The molecule has 3 rings (SSSR count). The molecule has 1 spiro atoms. The van der Waals surface area contributed by atoms with Crippen molar-refractivity contribution in [1.29, 1.82) is 0 Å². The standard InChI is InChI=1S/C14H19NO2/c1-13(16)12(14(13)8-3-9-15-14)10-4-6-11(17-2)7-5-10/h4-7,12,15-16H,3,8-9H2,1-2H3/t12?,13-,14+/m1/s1. The second kappa shape index (κ2) is 3.47. The van der Waals surface area contributed by atoms with E-state index in [9.17, 15) is 5.11 Å². The van der Waals surface area contributed by atoms with Crippen LogP contribution in [0.2, 0.25) is 0 Å². The highest BCUT2D eigenvalue weighted by atomic mass is 16.5. The van der Waals surface area contributed by atoms with Crippen molar-refractivity contribution in [3.63, 3.8) is 0 Å². The van der Waals surface area contributed by atoms with Crippen LogP contribution < -0.4 is 10.1 Å². The van der Waals surface area contributed by atoms with Crippen LogP contribution in [0.5, 0.6) is 5.75 Å². The Bertz CT molecular complexity index is 418. The smallest absolute Gasteiger partial charge is 0.118 e. The molecule has 1 aliphatic heterocycles. The number of ether oxygens (including phenoxy) is 1. The van der Waals surface area contributed by atoms with Crippen molar-refractivity contribution in [1.82, 2.24) is 5.32 Å². The first-order chi connectivity index (χ1) is 8.12. The zero-order valence-electron chi connectivity index (χ0n) is 10.4. The zero-order chi connectivity index (χ0) is 12.1. The molecule has 1 unspecified atom stereocenters. The number of benzene rings is 1. The SMILES string of the molecule is COc1ccc(C2[C@@]3(CCCN3)[C@]2(C)O)cc1. The average molecular weight is 233 g/mol. The van der Waals surface area contributed by atoms with Gasteiger partial charge in [-0.15, -0.1) is 0 Å². The fourth-order valence-electron chi connectivity index (χ4n) is 3.53. The molecule has 1 aromatic rings. The molecule has 1 saturated carbocycles. The molecule has 3 atom stereocenters. The minimum atomic E-state index is -0.613. The molecule has 17 heavy (non-hydrogen) atoms. The second-order valence-corrected chi connectivity index (χ2v) is 5.36. The third kappa shape index (κ3) is 1.36. The lowest BCUT2D eigenvalue weighted by Gasteiger charge is -2.11. The quantitative estimate of drug-likeness (QED) is 0.816. The largest absolute Gasteiger partial charge is 0.497 e. The minimum Gasteiger partial charge on any atom is -0.497 e. The van der Waals surface area contributed by atoms with Crippen LogP contribution in [-0.4, -0.2) is 29.9 Å². The Labute approximate surface area is 102 Å². The summed E-state index contributed by atoms with van der Waals surface area (Å²) in [6.07, 6.45) is 2.22. The highest BCUT2D eigenvalue weighted by molar-refractivity contribution is 5.46. The summed E-state index contributed by atoms with van der Waals surface area (Å²) in [4.78, 5) is 0. The van der Waals surface area contributed by atoms with Gasteiger partial charge in [-0.1, -0.05) is 12.1 Å². The third-order valence-corrected chi connectivity index (χ3v) is 4.51. The topological polar surface area (TPSA) is 41.5 Å². The fourth-order valence-corrected chi connectivity index (χ4v) is 3.53. The number of methoxy groups -OCH3 is 1. The van der Waals surface area contributed by atoms with Crippen molar-refractivity contribution in [2.45, 2.75) is 36.8 Å². The van der Waals surface area contributed by atoms with Crippen LogP contribution in [-0.2, 0) is 0 Å². The van der Waals surface area contributed by atoms with E-state index >= 15 is 0 Å². The summed E-state index contributed by atoms with van der Waals surface area (Å²) in [5.41, 5.74) is 0.504. The first-order valence-electron chi connectivity index (χ1n) is 6.23. The predicted octanol–water partition coefficient (Wildman–Crippen LogP) is 1.67. The van der Waals surface area contributed by atoms with Crippen LogP contribution in [0.3, 0.4) is 0 Å². The molecule has 3 heteroatoms. The summed E-state index contributed by atoms with van der Waals surface area (Å²) in [6.45, 7) is 2.96. The van der Waals surface area contributed by atoms with Crippen molar-refractivity contribution < 1.29 is 9.84 Å². The Morgan fingerprint density at radius 2 is 2.06 bits per heavy atom. The Morgan fingerprint density at radius 3 is 2.59 bits per heavy atom. The van der Waals surface area contributed by atoms with Gasteiger partial charge < -0.3 is 15.2 Å². The van der Waals surface area contributed by atoms with Gasteiger partial charge in [0.1, 0.15) is 5.75 Å². The van der Waals surface area contributed by atoms with Gasteiger partial charge in [-0.25, -0.2) is 0 Å². The first-order valence-corrected chi connectivity index (χ1v) is 6.23. The van der Waals surface area contributed by atoms with Gasteiger partial charge in [0.05, 0.1) is 18.2 Å². The molecule has 0 bridgehead atoms. The maximum absolute atomic E-state index is 10.5. The van der Waals surface area contributed by atoms with E-state index in [1.54, 1.807) is 7.11 Å². The summed E-state index contributed by atoms with van der Waals surface area (Å²) in [7, 11) is 1.67. The lowest BCUT2D eigenvalue weighted by molar-refractivity contribution is 0.133. The fraction of sp³-hybridized carbons (Fsp3) is 0.571. The zero-order valence-corrected chi connectivity index (χ0v) is 10.4. The van der Waals surface area contributed by atoms with Crippen molar-refractivity contribution >= 4 is 0 Å². The predicted molar refractivity (Wildman–Crippen MR) is 66.3 cm³/mol. The molecule has 3 nitrogen and oxygen atoms in total. The van der Waals surface area contributed by atoms with Gasteiger partial charge in [-0.3, -0.25) is 0 Å².